The van der Waals surface area contributed by atoms with E-state index in [0.717, 1.165) is 5.75 Å². The van der Waals surface area contributed by atoms with Gasteiger partial charge in [0.25, 0.3) is 0 Å². The van der Waals surface area contributed by atoms with Crippen LogP contribution in [0.15, 0.2) is 47.6 Å². The summed E-state index contributed by atoms with van der Waals surface area (Å²) in [5, 5.41) is 3.49. The maximum absolute atomic E-state index is 4.29. The SMILES string of the molecule is CNC(c1cnccc1C)C1CSc2ccccc21. The van der Waals surface area contributed by atoms with Gasteiger partial charge in [-0.05, 0) is 42.8 Å². The van der Waals surface area contributed by atoms with Gasteiger partial charge in [0.15, 0.2) is 0 Å². The molecule has 0 bridgehead atoms. The van der Waals surface area contributed by atoms with Gasteiger partial charge in [-0.25, -0.2) is 0 Å². The Bertz CT molecular complexity index is 582. The number of rotatable bonds is 3. The van der Waals surface area contributed by atoms with Crippen LogP contribution < -0.4 is 5.32 Å². The van der Waals surface area contributed by atoms with E-state index in [0.29, 0.717) is 12.0 Å². The van der Waals surface area contributed by atoms with Crippen molar-refractivity contribution in [2.45, 2.75) is 23.8 Å². The minimum Gasteiger partial charge on any atom is -0.312 e. The Morgan fingerprint density at radius 2 is 2.16 bits per heavy atom. The summed E-state index contributed by atoms with van der Waals surface area (Å²) in [6.07, 6.45) is 3.87. The number of nitrogens with zero attached hydrogens (tertiary/aromatic N) is 1. The highest BCUT2D eigenvalue weighted by atomic mass is 32.2. The monoisotopic (exact) mass is 270 g/mol. The average molecular weight is 270 g/mol. The van der Waals surface area contributed by atoms with E-state index in [-0.39, 0.29) is 0 Å². The number of hydrogen-bond donors (Lipinski definition) is 1. The molecule has 0 saturated carbocycles. The number of fused-ring (bicyclic) bond motifs is 1. The molecule has 1 N–H and O–H groups in total. The van der Waals surface area contributed by atoms with Crippen molar-refractivity contribution in [2.24, 2.45) is 0 Å². The lowest BCUT2D eigenvalue weighted by molar-refractivity contribution is 0.511. The molecule has 0 fully saturated rings. The molecule has 0 aliphatic carbocycles. The van der Waals surface area contributed by atoms with E-state index >= 15 is 0 Å². The van der Waals surface area contributed by atoms with E-state index in [1.165, 1.54) is 21.6 Å². The Balaban J connectivity index is 1.99. The normalized spacial score (nSPS) is 19.2. The molecule has 2 unspecified atom stereocenters. The number of pyridine rings is 1. The first-order chi connectivity index (χ1) is 9.31. The van der Waals surface area contributed by atoms with Crippen molar-refractivity contribution in [2.75, 3.05) is 12.8 Å². The summed E-state index contributed by atoms with van der Waals surface area (Å²) in [5.74, 6) is 1.66. The van der Waals surface area contributed by atoms with Crippen molar-refractivity contribution >= 4 is 11.8 Å². The molecule has 2 nitrogen and oxygen atoms in total. The molecular formula is C16H18N2S. The summed E-state index contributed by atoms with van der Waals surface area (Å²) in [5.41, 5.74) is 4.09. The third-order valence-corrected chi connectivity index (χ3v) is 5.07. The Labute approximate surface area is 118 Å². The van der Waals surface area contributed by atoms with Crippen LogP contribution in [0, 0.1) is 6.92 Å². The number of aromatic nitrogens is 1. The van der Waals surface area contributed by atoms with Crippen LogP contribution in [-0.2, 0) is 0 Å². The van der Waals surface area contributed by atoms with Gasteiger partial charge >= 0.3 is 0 Å². The lowest BCUT2D eigenvalue weighted by Crippen LogP contribution is -2.25. The number of aryl methyl sites for hydroxylation is 1. The van der Waals surface area contributed by atoms with Gasteiger partial charge in [-0.1, -0.05) is 18.2 Å². The van der Waals surface area contributed by atoms with Gasteiger partial charge in [0.2, 0.25) is 0 Å². The summed E-state index contributed by atoms with van der Waals surface area (Å²) in [7, 11) is 2.04. The molecule has 2 heterocycles. The van der Waals surface area contributed by atoms with E-state index < -0.39 is 0 Å². The minimum absolute atomic E-state index is 0.338. The van der Waals surface area contributed by atoms with Gasteiger partial charge in [0, 0.05) is 35.0 Å². The highest BCUT2D eigenvalue weighted by Gasteiger charge is 2.31. The van der Waals surface area contributed by atoms with Crippen molar-refractivity contribution in [1.82, 2.24) is 10.3 Å². The second kappa shape index (κ2) is 5.35. The first-order valence-corrected chi connectivity index (χ1v) is 7.59. The highest BCUT2D eigenvalue weighted by molar-refractivity contribution is 7.99. The number of benzene rings is 1. The molecule has 19 heavy (non-hydrogen) atoms. The number of nitrogens with one attached hydrogen (secondary N) is 1. The third-order valence-electron chi connectivity index (χ3n) is 3.86. The molecule has 1 aliphatic heterocycles. The van der Waals surface area contributed by atoms with Gasteiger partial charge in [0.05, 0.1) is 0 Å². The smallest absolute Gasteiger partial charge is 0.0413 e. The lowest BCUT2D eigenvalue weighted by atomic mass is 9.87. The van der Waals surface area contributed by atoms with E-state index in [1.54, 1.807) is 0 Å². The molecule has 98 valence electrons. The molecular weight excluding hydrogens is 252 g/mol. The molecule has 0 saturated heterocycles. The fourth-order valence-electron chi connectivity index (χ4n) is 2.84. The molecule has 2 aromatic rings. The van der Waals surface area contributed by atoms with Gasteiger partial charge in [-0.15, -0.1) is 11.8 Å². The zero-order chi connectivity index (χ0) is 13.2. The molecule has 2 atom stereocenters. The summed E-state index contributed by atoms with van der Waals surface area (Å²) in [6, 6.07) is 11.2. The van der Waals surface area contributed by atoms with Crippen LogP contribution in [0.5, 0.6) is 0 Å². The fourth-order valence-corrected chi connectivity index (χ4v) is 4.13. The maximum atomic E-state index is 4.29. The van der Waals surface area contributed by atoms with E-state index in [2.05, 4.69) is 47.6 Å². The Morgan fingerprint density at radius 1 is 1.32 bits per heavy atom. The van der Waals surface area contributed by atoms with Crippen LogP contribution in [0.1, 0.15) is 28.7 Å². The van der Waals surface area contributed by atoms with Crippen LogP contribution in [0.4, 0.5) is 0 Å². The van der Waals surface area contributed by atoms with Gasteiger partial charge in [-0.2, -0.15) is 0 Å². The van der Waals surface area contributed by atoms with Crippen molar-refractivity contribution in [3.63, 3.8) is 0 Å². The van der Waals surface area contributed by atoms with Crippen LogP contribution in [-0.4, -0.2) is 17.8 Å². The average Bonchev–Trinajstić information content (AvgIpc) is 2.86. The maximum Gasteiger partial charge on any atom is 0.0413 e. The zero-order valence-corrected chi connectivity index (χ0v) is 12.1. The fraction of sp³-hybridized carbons (Fsp3) is 0.312. The van der Waals surface area contributed by atoms with Crippen molar-refractivity contribution < 1.29 is 0 Å². The molecule has 1 aromatic heterocycles. The second-order valence-electron chi connectivity index (χ2n) is 4.95. The lowest BCUT2D eigenvalue weighted by Gasteiger charge is -2.25. The number of hydrogen-bond acceptors (Lipinski definition) is 3. The van der Waals surface area contributed by atoms with Gasteiger partial charge in [0.1, 0.15) is 0 Å². The van der Waals surface area contributed by atoms with E-state index in [1.807, 2.05) is 31.2 Å². The second-order valence-corrected chi connectivity index (χ2v) is 6.02. The molecule has 0 radical (unpaired) electrons. The molecule has 1 aromatic carbocycles. The Kier molecular flexibility index (Phi) is 3.58. The predicted molar refractivity (Wildman–Crippen MR) is 80.7 cm³/mol. The molecule has 0 spiro atoms. The number of likely N-dealkylation sites (N-methyl/N-ethyl adjacent to an activating group) is 1. The van der Waals surface area contributed by atoms with Gasteiger partial charge in [-0.3, -0.25) is 4.98 Å². The first kappa shape index (κ1) is 12.7. The zero-order valence-electron chi connectivity index (χ0n) is 11.3. The minimum atomic E-state index is 0.338. The summed E-state index contributed by atoms with van der Waals surface area (Å²) < 4.78 is 0. The molecule has 1 aliphatic rings. The predicted octanol–water partition coefficient (Wildman–Crippen LogP) is 3.54. The standard InChI is InChI=1S/C16H18N2S/c1-11-7-8-18-9-13(11)16(17-2)14-10-19-15-6-4-3-5-12(14)15/h3-9,14,16-17H,10H2,1-2H3. The van der Waals surface area contributed by atoms with E-state index in [4.69, 9.17) is 0 Å². The Morgan fingerprint density at radius 3 is 2.95 bits per heavy atom. The third kappa shape index (κ3) is 2.28. The summed E-state index contributed by atoms with van der Waals surface area (Å²) >= 11 is 1.96. The van der Waals surface area contributed by atoms with Crippen molar-refractivity contribution in [3.8, 4) is 0 Å². The van der Waals surface area contributed by atoms with Crippen LogP contribution in [0.2, 0.25) is 0 Å². The highest BCUT2D eigenvalue weighted by Crippen LogP contribution is 2.45. The Hall–Kier alpha value is -1.32. The number of thioether (sulfide) groups is 1. The largest absolute Gasteiger partial charge is 0.312 e. The molecule has 0 amide bonds. The molecule has 3 heteroatoms. The van der Waals surface area contributed by atoms with Crippen LogP contribution in [0.25, 0.3) is 0 Å². The van der Waals surface area contributed by atoms with E-state index in [9.17, 15) is 0 Å². The van der Waals surface area contributed by atoms with Crippen LogP contribution >= 0.6 is 11.8 Å². The first-order valence-electron chi connectivity index (χ1n) is 6.60. The van der Waals surface area contributed by atoms with Crippen molar-refractivity contribution in [1.29, 1.82) is 0 Å². The summed E-state index contributed by atoms with van der Waals surface area (Å²) in [4.78, 5) is 5.72. The van der Waals surface area contributed by atoms with Crippen LogP contribution in [0.3, 0.4) is 0 Å². The summed E-state index contributed by atoms with van der Waals surface area (Å²) in [6.45, 7) is 2.16. The quantitative estimate of drug-likeness (QED) is 0.923. The molecule has 3 rings (SSSR count). The van der Waals surface area contributed by atoms with Gasteiger partial charge < -0.3 is 5.32 Å². The van der Waals surface area contributed by atoms with Crippen molar-refractivity contribution in [3.05, 3.63) is 59.4 Å². The topological polar surface area (TPSA) is 24.9 Å².